The zero-order chi connectivity index (χ0) is 13.4. The van der Waals surface area contributed by atoms with E-state index in [1.807, 2.05) is 0 Å². The molecule has 0 amide bonds. The van der Waals surface area contributed by atoms with Gasteiger partial charge in [0.15, 0.2) is 0 Å². The van der Waals surface area contributed by atoms with E-state index in [1.165, 1.54) is 0 Å². The molecule has 1 aromatic rings. The van der Waals surface area contributed by atoms with Gasteiger partial charge in [0.1, 0.15) is 24.5 Å². The number of nitrogen functional groups attached to an aromatic ring is 1. The van der Waals surface area contributed by atoms with E-state index in [9.17, 15) is 15.0 Å². The van der Waals surface area contributed by atoms with E-state index in [4.69, 9.17) is 15.6 Å². The average Bonchev–Trinajstić information content (AvgIpc) is 2.61. The topological polar surface area (TPSA) is 131 Å². The van der Waals surface area contributed by atoms with Crippen LogP contribution < -0.4 is 11.4 Å². The molecule has 19 heavy (non-hydrogen) atoms. The van der Waals surface area contributed by atoms with E-state index in [2.05, 4.69) is 11.2 Å². The van der Waals surface area contributed by atoms with E-state index in [1.54, 1.807) is 6.92 Å². The van der Waals surface area contributed by atoms with E-state index < -0.39 is 36.8 Å². The van der Waals surface area contributed by atoms with Crippen molar-refractivity contribution in [2.75, 3.05) is 12.3 Å². The molecule has 1 aliphatic heterocycles. The van der Waals surface area contributed by atoms with E-state index in [-0.39, 0.29) is 38.5 Å². The first-order valence-electron chi connectivity index (χ1n) is 5.36. The van der Waals surface area contributed by atoms with E-state index in [0.717, 1.165) is 4.57 Å². The molecule has 0 aliphatic carbocycles. The second-order valence-electron chi connectivity index (χ2n) is 4.12. The van der Waals surface area contributed by atoms with Crippen molar-refractivity contribution >= 4 is 5.82 Å². The first kappa shape index (κ1) is 16.7. The van der Waals surface area contributed by atoms with Gasteiger partial charge in [0.25, 0.3) is 0 Å². The molecule has 103 valence electrons. The molecule has 0 saturated carbocycles. The van der Waals surface area contributed by atoms with Crippen LogP contribution in [0.3, 0.4) is 0 Å². The number of aromatic nitrogens is 2. The minimum absolute atomic E-state index is 0. The fourth-order valence-electron chi connectivity index (χ4n) is 1.79. The Morgan fingerprint density at radius 3 is 2.63 bits per heavy atom. The van der Waals surface area contributed by atoms with Crippen LogP contribution in [-0.2, 0) is 37.4 Å². The molecule has 1 saturated heterocycles. The van der Waals surface area contributed by atoms with Crippen LogP contribution in [0.5, 0.6) is 0 Å². The Kier molecular flexibility index (Phi) is 5.60. The second-order valence-corrected chi connectivity index (χ2v) is 4.12. The largest absolute Gasteiger partial charge is 0.435 e. The van der Waals surface area contributed by atoms with Crippen LogP contribution >= 0.6 is 0 Å². The summed E-state index contributed by atoms with van der Waals surface area (Å²) >= 11 is 0. The van der Waals surface area contributed by atoms with Crippen molar-refractivity contribution in [3.63, 3.8) is 0 Å². The number of aryl methyl sites for hydroxylation is 1. The van der Waals surface area contributed by atoms with E-state index >= 15 is 0 Å². The molecule has 8 nitrogen and oxygen atoms in total. The quantitative estimate of drug-likeness (QED) is 0.438. The molecule has 9 heteroatoms. The van der Waals surface area contributed by atoms with Gasteiger partial charge in [-0.3, -0.25) is 0 Å². The van der Waals surface area contributed by atoms with Gasteiger partial charge in [-0.2, -0.15) is 0 Å². The van der Waals surface area contributed by atoms with E-state index in [0.29, 0.717) is 5.56 Å². The third-order valence-electron chi connectivity index (χ3n) is 2.87. The second kappa shape index (κ2) is 6.38. The summed E-state index contributed by atoms with van der Waals surface area (Å²) in [6.07, 6.45) is -2.10. The molecule has 1 fully saturated rings. The number of nitrogens with zero attached hydrogens (tertiary/aromatic N) is 2. The molecule has 1 aliphatic rings. The van der Waals surface area contributed by atoms with Crippen molar-refractivity contribution in [3.8, 4) is 0 Å². The number of rotatable bonds is 2. The Bertz CT molecular complexity index is 508. The molecule has 0 unspecified atom stereocenters. The Morgan fingerprint density at radius 1 is 1.47 bits per heavy atom. The van der Waals surface area contributed by atoms with Crippen LogP contribution in [-0.4, -0.2) is 49.8 Å². The van der Waals surface area contributed by atoms with Gasteiger partial charge in [0.05, 0.1) is 6.61 Å². The minimum Gasteiger partial charge on any atom is -0.435 e. The zero-order valence-electron chi connectivity index (χ0n) is 10.2. The van der Waals surface area contributed by atoms with Crippen molar-refractivity contribution in [3.05, 3.63) is 22.2 Å². The predicted octanol–water partition coefficient (Wildman–Crippen LogP) is -2.46. The van der Waals surface area contributed by atoms with Crippen LogP contribution in [0.25, 0.3) is 0 Å². The third kappa shape index (κ3) is 3.04. The van der Waals surface area contributed by atoms with Gasteiger partial charge in [-0.05, 0) is 0 Å². The molecule has 2 heterocycles. The molecule has 2 rings (SSSR count). The molecule has 1 aromatic heterocycles. The number of nitrogens with two attached hydrogens (primary N) is 1. The van der Waals surface area contributed by atoms with Crippen LogP contribution in [0.1, 0.15) is 11.8 Å². The number of aliphatic hydroxyl groups is 3. The summed E-state index contributed by atoms with van der Waals surface area (Å²) in [6.45, 7) is 1.13. The van der Waals surface area contributed by atoms with Gasteiger partial charge in [0, 0.05) is 38.5 Å². The zero-order valence-corrected chi connectivity index (χ0v) is 13.1. The molecule has 5 N–H and O–H groups in total. The Balaban J connectivity index is 0.00000180. The van der Waals surface area contributed by atoms with Crippen molar-refractivity contribution in [1.82, 2.24) is 9.55 Å². The standard InChI is InChI=1S/C10H14N3O5.Y/c1-4-2-13(10(17)12-8(4)11)9-7(16)6(15)5(3-14)18-9;/h5-7,9,14-16H,3H2,1H3,(H2,11,12,17);/q-1;/t5-,6-,7-,9-;/m1./s1. The maximum absolute atomic E-state index is 11.6. The SMILES string of the molecule is Cc1[c-]n([C@@H]2O[C@H](CO)[C@@H](O)[C@H]2O)c(=O)nc1N.[Y]. The number of hydrogen-bond donors (Lipinski definition) is 4. The Hall–Kier alpha value is -0.376. The summed E-state index contributed by atoms with van der Waals surface area (Å²) in [4.78, 5) is 15.2. The average molecular weight is 345 g/mol. The summed E-state index contributed by atoms with van der Waals surface area (Å²) < 4.78 is 6.12. The van der Waals surface area contributed by atoms with Crippen molar-refractivity contribution in [1.29, 1.82) is 0 Å². The summed E-state index contributed by atoms with van der Waals surface area (Å²) in [7, 11) is 0. The molecule has 0 spiro atoms. The van der Waals surface area contributed by atoms with Gasteiger partial charge in [0.2, 0.25) is 5.69 Å². The summed E-state index contributed by atoms with van der Waals surface area (Å²) in [5.41, 5.74) is 5.14. The fourth-order valence-corrected chi connectivity index (χ4v) is 1.79. The Labute approximate surface area is 134 Å². The van der Waals surface area contributed by atoms with Gasteiger partial charge >= 0.3 is 0 Å². The molecule has 1 radical (unpaired) electrons. The number of anilines is 1. The molecular weight excluding hydrogens is 331 g/mol. The molecule has 0 bridgehead atoms. The maximum atomic E-state index is 11.6. The van der Waals surface area contributed by atoms with Crippen molar-refractivity contribution in [2.45, 2.75) is 31.5 Å². The summed E-state index contributed by atoms with van der Waals surface area (Å²) in [5, 5.41) is 28.3. The van der Waals surface area contributed by atoms with Crippen LogP contribution in [0.4, 0.5) is 5.82 Å². The first-order chi connectivity index (χ1) is 8.45. The number of hydrogen-bond acceptors (Lipinski definition) is 7. The fraction of sp³-hybridized carbons (Fsp3) is 0.600. The first-order valence-corrected chi connectivity index (χ1v) is 5.36. The number of ether oxygens (including phenoxy) is 1. The van der Waals surface area contributed by atoms with Gasteiger partial charge < -0.3 is 40.1 Å². The number of aliphatic hydroxyl groups excluding tert-OH is 3. The van der Waals surface area contributed by atoms with Gasteiger partial charge in [-0.15, -0.1) is 5.56 Å². The monoisotopic (exact) mass is 345 g/mol. The molecule has 4 atom stereocenters. The van der Waals surface area contributed by atoms with Crippen LogP contribution in [0.2, 0.25) is 0 Å². The smallest absolute Gasteiger partial charge is 0.233 e. The summed E-state index contributed by atoms with van der Waals surface area (Å²) in [5.74, 6) is 0.0444. The van der Waals surface area contributed by atoms with Gasteiger partial charge in [-0.1, -0.05) is 13.1 Å². The van der Waals surface area contributed by atoms with Crippen molar-refractivity contribution in [2.24, 2.45) is 0 Å². The van der Waals surface area contributed by atoms with Crippen LogP contribution in [0, 0.1) is 13.1 Å². The van der Waals surface area contributed by atoms with Crippen molar-refractivity contribution < 1.29 is 52.8 Å². The maximum Gasteiger partial charge on any atom is 0.233 e. The summed E-state index contributed by atoms with van der Waals surface area (Å²) in [6, 6.07) is 0. The van der Waals surface area contributed by atoms with Crippen LogP contribution in [0.15, 0.2) is 4.79 Å². The third-order valence-corrected chi connectivity index (χ3v) is 2.87. The van der Waals surface area contributed by atoms with Gasteiger partial charge in [-0.25, -0.2) is 0 Å². The normalized spacial score (nSPS) is 30.1. The molecular formula is C10H14N3O5Y-. The molecule has 0 aromatic carbocycles. The Morgan fingerprint density at radius 2 is 2.11 bits per heavy atom. The predicted molar refractivity (Wildman–Crippen MR) is 59.5 cm³/mol. The minimum atomic E-state index is -1.35.